The molecule has 0 spiro atoms. The summed E-state index contributed by atoms with van der Waals surface area (Å²) >= 11 is 9.24. The Hall–Kier alpha value is -1.04. The molecular weight excluding hydrogens is 355 g/mol. The van der Waals surface area contributed by atoms with Crippen molar-refractivity contribution < 1.29 is 13.2 Å². The molecular formula is C14H10BrClF3N. The third-order valence-corrected chi connectivity index (χ3v) is 3.56. The lowest BCUT2D eigenvalue weighted by Crippen LogP contribution is -2.20. The Morgan fingerprint density at radius 3 is 2.40 bits per heavy atom. The summed E-state index contributed by atoms with van der Waals surface area (Å²) in [7, 11) is 1.60. The van der Waals surface area contributed by atoms with Gasteiger partial charge in [-0.2, -0.15) is 0 Å². The summed E-state index contributed by atoms with van der Waals surface area (Å²) in [6, 6.07) is 6.52. The minimum atomic E-state index is -1.48. The molecule has 6 heteroatoms. The van der Waals surface area contributed by atoms with Crippen molar-refractivity contribution in [2.45, 2.75) is 6.04 Å². The van der Waals surface area contributed by atoms with Crippen molar-refractivity contribution in [1.29, 1.82) is 0 Å². The minimum absolute atomic E-state index is 0.0144. The molecule has 0 heterocycles. The average molecular weight is 365 g/mol. The van der Waals surface area contributed by atoms with Gasteiger partial charge in [0.25, 0.3) is 0 Å². The molecule has 2 aromatic rings. The molecule has 0 saturated carbocycles. The lowest BCUT2D eigenvalue weighted by Gasteiger charge is -2.19. The molecule has 0 saturated heterocycles. The van der Waals surface area contributed by atoms with Crippen molar-refractivity contribution in [1.82, 2.24) is 5.32 Å². The van der Waals surface area contributed by atoms with Gasteiger partial charge in [0.2, 0.25) is 0 Å². The van der Waals surface area contributed by atoms with Gasteiger partial charge in [-0.3, -0.25) is 0 Å². The van der Waals surface area contributed by atoms with Gasteiger partial charge in [0.1, 0.15) is 0 Å². The van der Waals surface area contributed by atoms with E-state index in [1.165, 1.54) is 6.07 Å². The highest BCUT2D eigenvalue weighted by Gasteiger charge is 2.21. The molecule has 0 aliphatic carbocycles. The first-order chi connectivity index (χ1) is 9.43. The van der Waals surface area contributed by atoms with Crippen LogP contribution in [0.5, 0.6) is 0 Å². The second-order valence-electron chi connectivity index (χ2n) is 4.19. The Labute approximate surface area is 127 Å². The first kappa shape index (κ1) is 15.4. The standard InChI is InChI=1S/C14H10BrClF3N/c1-20-14(7-4-8(15)6-9(16)5-7)10-2-3-11(17)13(19)12(10)18/h2-6,14,20H,1H3. The zero-order valence-electron chi connectivity index (χ0n) is 10.4. The van der Waals surface area contributed by atoms with Crippen molar-refractivity contribution in [3.8, 4) is 0 Å². The molecule has 0 aliphatic rings. The fraction of sp³-hybridized carbons (Fsp3) is 0.143. The topological polar surface area (TPSA) is 12.0 Å². The average Bonchev–Trinajstić information content (AvgIpc) is 2.38. The highest BCUT2D eigenvalue weighted by atomic mass is 79.9. The van der Waals surface area contributed by atoms with Gasteiger partial charge in [-0.25, -0.2) is 13.2 Å². The molecule has 2 aromatic carbocycles. The van der Waals surface area contributed by atoms with Crippen LogP contribution in [0.1, 0.15) is 17.2 Å². The van der Waals surface area contributed by atoms with Crippen molar-refractivity contribution in [3.05, 3.63) is 68.4 Å². The molecule has 106 valence electrons. The van der Waals surface area contributed by atoms with Gasteiger partial charge in [0.15, 0.2) is 17.5 Å². The number of halogens is 5. The molecule has 1 nitrogen and oxygen atoms in total. The van der Waals surface area contributed by atoms with Gasteiger partial charge < -0.3 is 5.32 Å². The predicted molar refractivity (Wildman–Crippen MR) is 76.4 cm³/mol. The SMILES string of the molecule is CNC(c1cc(Cl)cc(Br)c1)c1ccc(F)c(F)c1F. The quantitative estimate of drug-likeness (QED) is 0.769. The van der Waals surface area contributed by atoms with E-state index in [0.717, 1.165) is 6.07 Å². The highest BCUT2D eigenvalue weighted by Crippen LogP contribution is 2.30. The van der Waals surface area contributed by atoms with Crippen LogP contribution >= 0.6 is 27.5 Å². The lowest BCUT2D eigenvalue weighted by molar-refractivity contribution is 0.435. The fourth-order valence-electron chi connectivity index (χ4n) is 2.01. The van der Waals surface area contributed by atoms with E-state index in [9.17, 15) is 13.2 Å². The smallest absolute Gasteiger partial charge is 0.194 e. The van der Waals surface area contributed by atoms with Gasteiger partial charge in [-0.1, -0.05) is 33.6 Å². The zero-order chi connectivity index (χ0) is 14.9. The first-order valence-electron chi connectivity index (χ1n) is 5.70. The molecule has 0 aromatic heterocycles. The second-order valence-corrected chi connectivity index (χ2v) is 5.54. The van der Waals surface area contributed by atoms with Crippen molar-refractivity contribution in [2.75, 3.05) is 7.05 Å². The van der Waals surface area contributed by atoms with Gasteiger partial charge >= 0.3 is 0 Å². The molecule has 0 fully saturated rings. The van der Waals surface area contributed by atoms with Crippen LogP contribution in [0.15, 0.2) is 34.8 Å². The van der Waals surface area contributed by atoms with Crippen LogP contribution < -0.4 is 5.32 Å². The van der Waals surface area contributed by atoms with Crippen LogP contribution in [0.4, 0.5) is 13.2 Å². The van der Waals surface area contributed by atoms with Crippen LogP contribution in [-0.4, -0.2) is 7.05 Å². The number of benzene rings is 2. The maximum Gasteiger partial charge on any atom is 0.194 e. The lowest BCUT2D eigenvalue weighted by atomic mass is 9.98. The van der Waals surface area contributed by atoms with Crippen LogP contribution in [0.3, 0.4) is 0 Å². The van der Waals surface area contributed by atoms with E-state index in [1.807, 2.05) is 0 Å². The Balaban J connectivity index is 2.55. The fourth-order valence-corrected chi connectivity index (χ4v) is 2.89. The molecule has 1 N–H and O–H groups in total. The number of nitrogens with one attached hydrogen (secondary N) is 1. The number of rotatable bonds is 3. The van der Waals surface area contributed by atoms with Crippen LogP contribution in [0.25, 0.3) is 0 Å². The summed E-state index contributed by atoms with van der Waals surface area (Å²) in [6.07, 6.45) is 0. The maximum absolute atomic E-state index is 13.9. The minimum Gasteiger partial charge on any atom is -0.309 e. The molecule has 20 heavy (non-hydrogen) atoms. The molecule has 0 radical (unpaired) electrons. The summed E-state index contributed by atoms with van der Waals surface area (Å²) in [5.74, 6) is -3.90. The van der Waals surface area contributed by atoms with Gasteiger partial charge in [-0.15, -0.1) is 0 Å². The Morgan fingerprint density at radius 2 is 1.80 bits per heavy atom. The molecule has 1 atom stereocenters. The normalized spacial score (nSPS) is 12.5. The second kappa shape index (κ2) is 6.16. The molecule has 0 aliphatic heterocycles. The van der Waals surface area contributed by atoms with Gasteiger partial charge in [0, 0.05) is 15.1 Å². The van der Waals surface area contributed by atoms with E-state index in [2.05, 4.69) is 21.2 Å². The van der Waals surface area contributed by atoms with Crippen LogP contribution in [0.2, 0.25) is 5.02 Å². The van der Waals surface area contributed by atoms with Gasteiger partial charge in [-0.05, 0) is 36.9 Å². The zero-order valence-corrected chi connectivity index (χ0v) is 12.7. The van der Waals surface area contributed by atoms with Crippen LogP contribution in [0, 0.1) is 17.5 Å². The van der Waals surface area contributed by atoms with E-state index >= 15 is 0 Å². The summed E-state index contributed by atoms with van der Waals surface area (Å²) in [5, 5.41) is 3.32. The molecule has 0 bridgehead atoms. The maximum atomic E-state index is 13.9. The molecule has 0 amide bonds. The van der Waals surface area contributed by atoms with E-state index in [0.29, 0.717) is 15.1 Å². The summed E-state index contributed by atoms with van der Waals surface area (Å²) in [6.45, 7) is 0. The largest absolute Gasteiger partial charge is 0.309 e. The third kappa shape index (κ3) is 3.00. The van der Waals surface area contributed by atoms with Crippen molar-refractivity contribution in [2.24, 2.45) is 0 Å². The van der Waals surface area contributed by atoms with E-state index in [1.54, 1.807) is 25.2 Å². The first-order valence-corrected chi connectivity index (χ1v) is 6.87. The highest BCUT2D eigenvalue weighted by molar-refractivity contribution is 9.10. The van der Waals surface area contributed by atoms with Crippen molar-refractivity contribution >= 4 is 27.5 Å². The third-order valence-electron chi connectivity index (χ3n) is 2.88. The van der Waals surface area contributed by atoms with E-state index < -0.39 is 23.5 Å². The van der Waals surface area contributed by atoms with Crippen LogP contribution in [-0.2, 0) is 0 Å². The Bertz CT molecular complexity index is 628. The Morgan fingerprint density at radius 1 is 1.10 bits per heavy atom. The van der Waals surface area contributed by atoms with Crippen molar-refractivity contribution in [3.63, 3.8) is 0 Å². The monoisotopic (exact) mass is 363 g/mol. The molecule has 2 rings (SSSR count). The van der Waals surface area contributed by atoms with Gasteiger partial charge in [0.05, 0.1) is 6.04 Å². The molecule has 1 unspecified atom stereocenters. The summed E-state index contributed by atoms with van der Waals surface area (Å²) in [4.78, 5) is 0. The Kier molecular flexibility index (Phi) is 4.73. The van der Waals surface area contributed by atoms with E-state index in [4.69, 9.17) is 11.6 Å². The van der Waals surface area contributed by atoms with E-state index in [-0.39, 0.29) is 5.56 Å². The predicted octanol–water partition coefficient (Wildman–Crippen LogP) is 4.83. The number of hydrogen-bond acceptors (Lipinski definition) is 1. The summed E-state index contributed by atoms with van der Waals surface area (Å²) in [5.41, 5.74) is 0.650. The summed E-state index contributed by atoms with van der Waals surface area (Å²) < 4.78 is 40.9. The number of hydrogen-bond donors (Lipinski definition) is 1.